The smallest absolute Gasteiger partial charge is 0.307 e. The van der Waals surface area contributed by atoms with Crippen LogP contribution in [-0.4, -0.2) is 48.0 Å². The van der Waals surface area contributed by atoms with Crippen LogP contribution in [0.5, 0.6) is 5.75 Å². The molecule has 30 heavy (non-hydrogen) atoms. The van der Waals surface area contributed by atoms with Crippen LogP contribution < -0.4 is 10.0 Å². The Hall–Kier alpha value is -2.62. The van der Waals surface area contributed by atoms with E-state index < -0.39 is 27.6 Å². The number of rotatable bonds is 10. The summed E-state index contributed by atoms with van der Waals surface area (Å²) in [6.45, 7) is 4.14. The number of carboxylic acid groups (broad SMARTS) is 1. The second-order valence-corrected chi connectivity index (χ2v) is 9.75. The minimum atomic E-state index is -3.57. The number of phenols is 1. The van der Waals surface area contributed by atoms with E-state index in [1.54, 1.807) is 6.07 Å². The quantitative estimate of drug-likeness (QED) is 0.360. The van der Waals surface area contributed by atoms with Gasteiger partial charge in [0.15, 0.2) is 0 Å². The van der Waals surface area contributed by atoms with Gasteiger partial charge >= 0.3 is 5.97 Å². The molecule has 8 nitrogen and oxygen atoms in total. The van der Waals surface area contributed by atoms with E-state index in [1.807, 2.05) is 32.0 Å². The topological polar surface area (TPSA) is 136 Å². The third-order valence-electron chi connectivity index (χ3n) is 4.47. The number of benzene rings is 2. The van der Waals surface area contributed by atoms with E-state index in [4.69, 9.17) is 5.11 Å². The first-order chi connectivity index (χ1) is 13.8. The highest BCUT2D eigenvalue weighted by atomic mass is 32.2. The standard InChI is InChI=1S/C21H28N2O6S/c1-21(2,12-15-6-4-5-14(9-15)10-20(26)27)22-13-19(25)16-7-8-18(24)17(11-16)23-30(3,28)29/h4-9,11,19,22-25H,10,12-13H2,1-3H3,(H,26,27). The molecule has 9 heteroatoms. The van der Waals surface area contributed by atoms with E-state index in [2.05, 4.69) is 10.0 Å². The van der Waals surface area contributed by atoms with Crippen LogP contribution in [0.3, 0.4) is 0 Å². The molecular formula is C21H28N2O6S. The van der Waals surface area contributed by atoms with Crippen LogP contribution in [0.4, 0.5) is 5.69 Å². The van der Waals surface area contributed by atoms with Crippen molar-refractivity contribution in [3.8, 4) is 5.75 Å². The lowest BCUT2D eigenvalue weighted by Gasteiger charge is -2.28. The molecule has 0 bridgehead atoms. The van der Waals surface area contributed by atoms with Gasteiger partial charge in [-0.1, -0.05) is 30.3 Å². The molecule has 2 aromatic rings. The summed E-state index contributed by atoms with van der Waals surface area (Å²) in [4.78, 5) is 10.9. The van der Waals surface area contributed by atoms with Crippen LogP contribution in [0.2, 0.25) is 0 Å². The van der Waals surface area contributed by atoms with Crippen LogP contribution in [0.1, 0.15) is 36.6 Å². The molecule has 0 heterocycles. The number of aliphatic carboxylic acids is 1. The summed E-state index contributed by atoms with van der Waals surface area (Å²) >= 11 is 0. The lowest BCUT2D eigenvalue weighted by atomic mass is 9.93. The van der Waals surface area contributed by atoms with Crippen molar-refractivity contribution in [3.05, 3.63) is 59.2 Å². The van der Waals surface area contributed by atoms with Gasteiger partial charge < -0.3 is 20.6 Å². The zero-order chi connectivity index (χ0) is 22.5. The zero-order valence-electron chi connectivity index (χ0n) is 17.2. The third kappa shape index (κ3) is 7.66. The van der Waals surface area contributed by atoms with Gasteiger partial charge in [0.2, 0.25) is 10.0 Å². The maximum absolute atomic E-state index is 11.4. The molecule has 0 amide bonds. The first-order valence-corrected chi connectivity index (χ1v) is 11.3. The van der Waals surface area contributed by atoms with E-state index >= 15 is 0 Å². The van der Waals surface area contributed by atoms with Gasteiger partial charge in [0, 0.05) is 12.1 Å². The number of aliphatic hydroxyl groups excluding tert-OH is 1. The number of sulfonamides is 1. The summed E-state index contributed by atoms with van der Waals surface area (Å²) < 4.78 is 25.1. The minimum Gasteiger partial charge on any atom is -0.506 e. The van der Waals surface area contributed by atoms with Crippen molar-refractivity contribution in [2.75, 3.05) is 17.5 Å². The molecule has 0 saturated heterocycles. The highest BCUT2D eigenvalue weighted by Crippen LogP contribution is 2.28. The van der Waals surface area contributed by atoms with Crippen LogP contribution in [-0.2, 0) is 27.7 Å². The Morgan fingerprint density at radius 2 is 1.80 bits per heavy atom. The van der Waals surface area contributed by atoms with Crippen molar-refractivity contribution < 1.29 is 28.5 Å². The lowest BCUT2D eigenvalue weighted by molar-refractivity contribution is -0.136. The summed E-state index contributed by atoms with van der Waals surface area (Å²) in [6, 6.07) is 11.6. The number of β-amino-alcohol motifs (C(OH)–C–C–N with tert-alkyl or cyclic N) is 1. The maximum Gasteiger partial charge on any atom is 0.307 e. The van der Waals surface area contributed by atoms with Crippen molar-refractivity contribution in [2.24, 2.45) is 0 Å². The highest BCUT2D eigenvalue weighted by Gasteiger charge is 2.21. The largest absolute Gasteiger partial charge is 0.506 e. The molecule has 0 aromatic heterocycles. The fraction of sp³-hybridized carbons (Fsp3) is 0.381. The molecule has 0 aliphatic heterocycles. The van der Waals surface area contributed by atoms with Crippen molar-refractivity contribution in [2.45, 2.75) is 38.3 Å². The van der Waals surface area contributed by atoms with Gasteiger partial charge in [0.1, 0.15) is 5.75 Å². The molecule has 0 radical (unpaired) electrons. The van der Waals surface area contributed by atoms with Gasteiger partial charge in [-0.05, 0) is 49.1 Å². The van der Waals surface area contributed by atoms with Crippen LogP contribution in [0.25, 0.3) is 0 Å². The molecule has 0 spiro atoms. The van der Waals surface area contributed by atoms with E-state index in [-0.39, 0.29) is 24.4 Å². The molecule has 164 valence electrons. The van der Waals surface area contributed by atoms with Gasteiger partial charge in [-0.3, -0.25) is 9.52 Å². The molecule has 5 N–H and O–H groups in total. The second kappa shape index (κ2) is 9.46. The van der Waals surface area contributed by atoms with Crippen molar-refractivity contribution in [1.29, 1.82) is 0 Å². The zero-order valence-corrected chi connectivity index (χ0v) is 18.0. The summed E-state index contributed by atoms with van der Waals surface area (Å²) in [7, 11) is -3.57. The Labute approximate surface area is 176 Å². The number of aliphatic hydroxyl groups is 1. The summed E-state index contributed by atoms with van der Waals surface area (Å²) in [5.74, 6) is -1.11. The second-order valence-electron chi connectivity index (χ2n) is 8.00. The molecule has 2 aromatic carbocycles. The Morgan fingerprint density at radius 3 is 2.43 bits per heavy atom. The van der Waals surface area contributed by atoms with Gasteiger partial charge in [0.25, 0.3) is 0 Å². The number of nitrogens with one attached hydrogen (secondary N) is 2. The van der Waals surface area contributed by atoms with Gasteiger partial charge in [0.05, 0.1) is 24.5 Å². The molecule has 1 atom stereocenters. The lowest BCUT2D eigenvalue weighted by Crippen LogP contribution is -2.43. The molecule has 1 unspecified atom stereocenters. The number of hydrogen-bond acceptors (Lipinski definition) is 6. The molecule has 2 rings (SSSR count). The number of phenolic OH excluding ortho intramolecular Hbond substituents is 1. The van der Waals surface area contributed by atoms with Crippen LogP contribution in [0, 0.1) is 0 Å². The summed E-state index contributed by atoms with van der Waals surface area (Å²) in [5, 5.41) is 32.6. The SMILES string of the molecule is CC(C)(Cc1cccc(CC(=O)O)c1)NCC(O)c1ccc(O)c(NS(C)(=O)=O)c1. The summed E-state index contributed by atoms with van der Waals surface area (Å²) in [5.41, 5.74) is 1.76. The van der Waals surface area contributed by atoms with Crippen molar-refractivity contribution in [3.63, 3.8) is 0 Å². The van der Waals surface area contributed by atoms with Crippen LogP contribution >= 0.6 is 0 Å². The summed E-state index contributed by atoms with van der Waals surface area (Å²) in [6.07, 6.45) is 0.628. The van der Waals surface area contributed by atoms with Gasteiger partial charge in [-0.25, -0.2) is 8.42 Å². The molecule has 0 saturated carbocycles. The van der Waals surface area contributed by atoms with E-state index in [0.717, 1.165) is 17.4 Å². The predicted octanol–water partition coefficient (Wildman–Crippen LogP) is 2.04. The van der Waals surface area contributed by atoms with Gasteiger partial charge in [-0.2, -0.15) is 0 Å². The fourth-order valence-corrected chi connectivity index (χ4v) is 3.69. The Morgan fingerprint density at radius 1 is 1.13 bits per heavy atom. The number of carboxylic acids is 1. The normalized spacial score (nSPS) is 13.1. The van der Waals surface area contributed by atoms with E-state index in [0.29, 0.717) is 12.0 Å². The average molecular weight is 437 g/mol. The van der Waals surface area contributed by atoms with Gasteiger partial charge in [-0.15, -0.1) is 0 Å². The number of aromatic hydroxyl groups is 1. The first kappa shape index (κ1) is 23.7. The predicted molar refractivity (Wildman–Crippen MR) is 115 cm³/mol. The number of carbonyl (C=O) groups is 1. The number of anilines is 1. The maximum atomic E-state index is 11.4. The third-order valence-corrected chi connectivity index (χ3v) is 5.06. The monoisotopic (exact) mass is 436 g/mol. The Bertz CT molecular complexity index is 1000. The Kier molecular flexibility index (Phi) is 7.46. The fourth-order valence-electron chi connectivity index (χ4n) is 3.13. The molecular weight excluding hydrogens is 408 g/mol. The van der Waals surface area contributed by atoms with Crippen LogP contribution in [0.15, 0.2) is 42.5 Å². The molecule has 0 aliphatic rings. The van der Waals surface area contributed by atoms with Crippen molar-refractivity contribution in [1.82, 2.24) is 5.32 Å². The highest BCUT2D eigenvalue weighted by molar-refractivity contribution is 7.92. The van der Waals surface area contributed by atoms with E-state index in [1.165, 1.54) is 18.2 Å². The first-order valence-electron chi connectivity index (χ1n) is 9.38. The average Bonchev–Trinajstić information content (AvgIpc) is 2.60. The minimum absolute atomic E-state index is 0.00329. The molecule has 0 fully saturated rings. The Balaban J connectivity index is 2.03. The number of hydrogen-bond donors (Lipinski definition) is 5. The van der Waals surface area contributed by atoms with Crippen molar-refractivity contribution >= 4 is 21.7 Å². The van der Waals surface area contributed by atoms with E-state index in [9.17, 15) is 23.4 Å². The molecule has 0 aliphatic carbocycles.